The van der Waals surface area contributed by atoms with Crippen molar-refractivity contribution in [3.8, 4) is 5.75 Å². The Morgan fingerprint density at radius 2 is 1.53 bits per heavy atom. The summed E-state index contributed by atoms with van der Waals surface area (Å²) >= 11 is 0. The first kappa shape index (κ1) is 25.4. The molecular weight excluding hydrogens is 430 g/mol. The van der Waals surface area contributed by atoms with E-state index in [1.165, 1.54) is 12.1 Å². The molecule has 9 heteroatoms. The number of sulfonamides is 1. The van der Waals surface area contributed by atoms with Crippen LogP contribution in [0.2, 0.25) is 0 Å². The Bertz CT molecular complexity index is 1030. The van der Waals surface area contributed by atoms with Gasteiger partial charge in [0.15, 0.2) is 6.61 Å². The van der Waals surface area contributed by atoms with Crippen LogP contribution in [0.4, 0.5) is 0 Å². The highest BCUT2D eigenvalue weighted by molar-refractivity contribution is 7.89. The van der Waals surface area contributed by atoms with Gasteiger partial charge in [0.25, 0.3) is 11.8 Å². The van der Waals surface area contributed by atoms with Crippen LogP contribution in [0.5, 0.6) is 5.75 Å². The third-order valence-corrected chi connectivity index (χ3v) is 6.22. The quantitative estimate of drug-likeness (QED) is 0.497. The molecule has 0 unspecified atom stereocenters. The summed E-state index contributed by atoms with van der Waals surface area (Å²) < 4.78 is 33.4. The molecule has 0 heterocycles. The molecule has 3 N–H and O–H groups in total. The Labute approximate surface area is 189 Å². The minimum atomic E-state index is -3.91. The average molecular weight is 462 g/mol. The van der Waals surface area contributed by atoms with Gasteiger partial charge in [-0.1, -0.05) is 49.7 Å². The molecule has 2 amide bonds. The van der Waals surface area contributed by atoms with Gasteiger partial charge in [-0.3, -0.25) is 20.4 Å². The Morgan fingerprint density at radius 3 is 2.09 bits per heavy atom. The highest BCUT2D eigenvalue weighted by Crippen LogP contribution is 2.22. The molecule has 32 heavy (non-hydrogen) atoms. The average Bonchev–Trinajstić information content (AvgIpc) is 2.71. The van der Waals surface area contributed by atoms with Gasteiger partial charge in [-0.25, -0.2) is 8.42 Å². The number of benzene rings is 2. The largest absolute Gasteiger partial charge is 0.483 e. The maximum Gasteiger partial charge on any atom is 0.276 e. The summed E-state index contributed by atoms with van der Waals surface area (Å²) in [6, 6.07) is 10.9. The zero-order valence-electron chi connectivity index (χ0n) is 19.1. The second kappa shape index (κ2) is 11.1. The summed E-state index contributed by atoms with van der Waals surface area (Å²) in [5, 5.41) is 0. The van der Waals surface area contributed by atoms with Gasteiger partial charge in [-0.05, 0) is 56.4 Å². The summed E-state index contributed by atoms with van der Waals surface area (Å²) in [5.41, 5.74) is 7.28. The fourth-order valence-electron chi connectivity index (χ4n) is 3.07. The van der Waals surface area contributed by atoms with E-state index in [1.807, 2.05) is 52.8 Å². The molecule has 174 valence electrons. The number of aryl methyl sites for hydroxylation is 3. The van der Waals surface area contributed by atoms with E-state index in [1.54, 1.807) is 12.1 Å². The predicted octanol–water partition coefficient (Wildman–Crippen LogP) is 2.53. The lowest BCUT2D eigenvalue weighted by molar-refractivity contribution is -0.131. The van der Waals surface area contributed by atoms with Crippen molar-refractivity contribution in [3.05, 3.63) is 59.2 Å². The Balaban J connectivity index is 1.98. The van der Waals surface area contributed by atoms with E-state index >= 15 is 0 Å². The first-order valence-electron chi connectivity index (χ1n) is 10.4. The lowest BCUT2D eigenvalue weighted by Crippen LogP contribution is -2.53. The number of para-hydroxylation sites is 1. The van der Waals surface area contributed by atoms with Crippen molar-refractivity contribution >= 4 is 21.8 Å². The number of hydrazine groups is 1. The maximum atomic E-state index is 12.7. The van der Waals surface area contributed by atoms with E-state index in [4.69, 9.17) is 4.74 Å². The summed E-state index contributed by atoms with van der Waals surface area (Å²) in [6.07, 6.45) is 0.256. The van der Waals surface area contributed by atoms with Gasteiger partial charge in [-0.15, -0.1) is 0 Å². The number of carbonyl (C=O) groups excluding carboxylic acids is 2. The van der Waals surface area contributed by atoms with Gasteiger partial charge in [0, 0.05) is 0 Å². The van der Waals surface area contributed by atoms with Crippen LogP contribution < -0.4 is 20.3 Å². The second-order valence-electron chi connectivity index (χ2n) is 8.16. The number of nitrogens with one attached hydrogen (secondary N) is 3. The molecule has 2 aromatic carbocycles. The van der Waals surface area contributed by atoms with E-state index in [2.05, 4.69) is 15.6 Å². The van der Waals surface area contributed by atoms with E-state index < -0.39 is 27.9 Å². The molecule has 1 atom stereocenters. The van der Waals surface area contributed by atoms with Crippen molar-refractivity contribution in [2.24, 2.45) is 5.92 Å². The molecule has 0 fully saturated rings. The zero-order valence-corrected chi connectivity index (χ0v) is 19.9. The van der Waals surface area contributed by atoms with Crippen molar-refractivity contribution in [2.75, 3.05) is 6.61 Å². The van der Waals surface area contributed by atoms with E-state index in [0.717, 1.165) is 16.7 Å². The number of rotatable bonds is 9. The van der Waals surface area contributed by atoms with Crippen molar-refractivity contribution < 1.29 is 22.7 Å². The summed E-state index contributed by atoms with van der Waals surface area (Å²) in [4.78, 5) is 24.8. The SMILES string of the molecule is Cc1ccc(S(=O)(=O)N[C@H](CC(C)C)C(=O)NNC(=O)COc2c(C)cccc2C)cc1. The Morgan fingerprint density at radius 1 is 0.938 bits per heavy atom. The van der Waals surface area contributed by atoms with E-state index in [-0.39, 0.29) is 23.8 Å². The van der Waals surface area contributed by atoms with Crippen LogP contribution in [0, 0.1) is 26.7 Å². The highest BCUT2D eigenvalue weighted by Gasteiger charge is 2.27. The molecule has 2 rings (SSSR count). The Hall–Kier alpha value is -2.91. The molecule has 2 aromatic rings. The minimum Gasteiger partial charge on any atom is -0.483 e. The van der Waals surface area contributed by atoms with Crippen LogP contribution in [0.25, 0.3) is 0 Å². The van der Waals surface area contributed by atoms with Gasteiger partial charge in [0.05, 0.1) is 4.90 Å². The summed E-state index contributed by atoms with van der Waals surface area (Å²) in [5.74, 6) is -0.576. The fraction of sp³-hybridized carbons (Fsp3) is 0.391. The number of carbonyl (C=O) groups is 2. The molecule has 0 aromatic heterocycles. The van der Waals surface area contributed by atoms with Gasteiger partial charge in [-0.2, -0.15) is 4.72 Å². The predicted molar refractivity (Wildman–Crippen MR) is 122 cm³/mol. The van der Waals surface area contributed by atoms with E-state index in [0.29, 0.717) is 5.75 Å². The molecular formula is C23H31N3O5S. The molecule has 0 aliphatic rings. The molecule has 0 aliphatic carbocycles. The van der Waals surface area contributed by atoms with Crippen LogP contribution in [0.3, 0.4) is 0 Å². The molecule has 0 bridgehead atoms. The Kier molecular flexibility index (Phi) is 8.80. The number of hydrogen-bond donors (Lipinski definition) is 3. The molecule has 0 radical (unpaired) electrons. The normalized spacial score (nSPS) is 12.3. The summed E-state index contributed by atoms with van der Waals surface area (Å²) in [7, 11) is -3.91. The van der Waals surface area contributed by atoms with Gasteiger partial charge in [0.1, 0.15) is 11.8 Å². The first-order valence-corrected chi connectivity index (χ1v) is 11.8. The lowest BCUT2D eigenvalue weighted by atomic mass is 10.0. The number of hydrogen-bond acceptors (Lipinski definition) is 5. The van der Waals surface area contributed by atoms with Crippen molar-refractivity contribution in [3.63, 3.8) is 0 Å². The van der Waals surface area contributed by atoms with Crippen molar-refractivity contribution in [1.82, 2.24) is 15.6 Å². The minimum absolute atomic E-state index is 0.0366. The standard InChI is InChI=1S/C23H31N3O5S/c1-15(2)13-20(26-32(29,30)19-11-9-16(3)10-12-19)23(28)25-24-21(27)14-31-22-17(4)7-6-8-18(22)5/h6-12,15,20,26H,13-14H2,1-5H3,(H,24,27)(H,25,28)/t20-/m1/s1. The molecule has 0 spiro atoms. The van der Waals surface area contributed by atoms with E-state index in [9.17, 15) is 18.0 Å². The van der Waals surface area contributed by atoms with Crippen molar-refractivity contribution in [2.45, 2.75) is 52.0 Å². The first-order chi connectivity index (χ1) is 15.0. The van der Waals surface area contributed by atoms with Crippen LogP contribution in [-0.4, -0.2) is 32.9 Å². The van der Waals surface area contributed by atoms with Gasteiger partial charge >= 0.3 is 0 Å². The van der Waals surface area contributed by atoms with Gasteiger partial charge in [0.2, 0.25) is 10.0 Å². The lowest BCUT2D eigenvalue weighted by Gasteiger charge is -2.20. The van der Waals surface area contributed by atoms with Crippen LogP contribution >= 0.6 is 0 Å². The monoisotopic (exact) mass is 461 g/mol. The van der Waals surface area contributed by atoms with Gasteiger partial charge < -0.3 is 4.74 Å². The third kappa shape index (κ3) is 7.35. The molecule has 0 saturated heterocycles. The maximum absolute atomic E-state index is 12.7. The smallest absolute Gasteiger partial charge is 0.276 e. The third-order valence-electron chi connectivity index (χ3n) is 4.73. The summed E-state index contributed by atoms with van der Waals surface area (Å²) in [6.45, 7) is 9.05. The second-order valence-corrected chi connectivity index (χ2v) is 9.88. The highest BCUT2D eigenvalue weighted by atomic mass is 32.2. The van der Waals surface area contributed by atoms with Crippen LogP contribution in [0.15, 0.2) is 47.4 Å². The number of ether oxygens (including phenoxy) is 1. The molecule has 0 aliphatic heterocycles. The topological polar surface area (TPSA) is 114 Å². The number of amides is 2. The van der Waals surface area contributed by atoms with Crippen LogP contribution in [0.1, 0.15) is 37.0 Å². The fourth-order valence-corrected chi connectivity index (χ4v) is 4.28. The zero-order chi connectivity index (χ0) is 23.9. The molecule has 0 saturated carbocycles. The van der Waals surface area contributed by atoms with Crippen molar-refractivity contribution in [1.29, 1.82) is 0 Å². The molecule has 8 nitrogen and oxygen atoms in total. The van der Waals surface area contributed by atoms with Crippen LogP contribution in [-0.2, 0) is 19.6 Å².